The predicted molar refractivity (Wildman–Crippen MR) is 108 cm³/mol. The van der Waals surface area contributed by atoms with Gasteiger partial charge in [-0.2, -0.15) is 0 Å². The van der Waals surface area contributed by atoms with Gasteiger partial charge in [-0.1, -0.05) is 44.2 Å². The van der Waals surface area contributed by atoms with E-state index in [0.29, 0.717) is 6.42 Å². The second kappa shape index (κ2) is 11.3. The zero-order valence-corrected chi connectivity index (χ0v) is 17.7. The molecule has 0 aliphatic carbocycles. The molecule has 0 saturated carbocycles. The Hall–Kier alpha value is -2.77. The number of carboxylic acid groups (broad SMARTS) is 1. The van der Waals surface area contributed by atoms with E-state index < -0.39 is 35.8 Å². The van der Waals surface area contributed by atoms with Crippen molar-refractivity contribution < 1.29 is 29.0 Å². The molecule has 0 radical (unpaired) electrons. The van der Waals surface area contributed by atoms with E-state index in [1.165, 1.54) is 0 Å². The van der Waals surface area contributed by atoms with Crippen molar-refractivity contribution in [2.45, 2.75) is 71.8 Å². The van der Waals surface area contributed by atoms with Crippen molar-refractivity contribution in [1.82, 2.24) is 10.6 Å². The molecule has 8 heteroatoms. The molecule has 29 heavy (non-hydrogen) atoms. The standard InChI is InChI=1S/C21H32N2O6/c1-14(2)11-16(23-20(27)29-21(3,4)5)17(12-18(24)25)22-19(26)28-13-15-9-7-6-8-10-15/h6-10,14,16-17H,11-13H2,1-5H3,(H,22,26)(H,23,27)(H,24,25)/t16-,17-/m0/s1. The molecule has 0 aromatic heterocycles. The van der Waals surface area contributed by atoms with Crippen molar-refractivity contribution in [3.05, 3.63) is 35.9 Å². The number of carboxylic acids is 1. The SMILES string of the molecule is CC(C)C[C@H](NC(=O)OC(C)(C)C)[C@H](CC(=O)O)NC(=O)OCc1ccccc1. The molecule has 1 aromatic carbocycles. The number of carbonyl (C=O) groups is 3. The summed E-state index contributed by atoms with van der Waals surface area (Å²) in [7, 11) is 0. The van der Waals surface area contributed by atoms with Gasteiger partial charge in [0.1, 0.15) is 12.2 Å². The summed E-state index contributed by atoms with van der Waals surface area (Å²) in [6, 6.07) is 7.64. The molecule has 0 spiro atoms. The fourth-order valence-electron chi connectivity index (χ4n) is 2.69. The summed E-state index contributed by atoms with van der Waals surface area (Å²) in [6.07, 6.45) is -1.33. The van der Waals surface area contributed by atoms with Crippen molar-refractivity contribution in [3.8, 4) is 0 Å². The largest absolute Gasteiger partial charge is 0.481 e. The zero-order valence-electron chi connectivity index (χ0n) is 17.7. The molecule has 162 valence electrons. The monoisotopic (exact) mass is 408 g/mol. The summed E-state index contributed by atoms with van der Waals surface area (Å²) in [5.41, 5.74) is 0.111. The van der Waals surface area contributed by atoms with E-state index in [9.17, 15) is 19.5 Å². The minimum atomic E-state index is -1.10. The number of nitrogens with one attached hydrogen (secondary N) is 2. The van der Waals surface area contributed by atoms with Crippen LogP contribution in [-0.4, -0.2) is 40.9 Å². The third-order valence-corrected chi connectivity index (χ3v) is 3.82. The lowest BCUT2D eigenvalue weighted by atomic mass is 9.95. The van der Waals surface area contributed by atoms with Crippen LogP contribution in [0.1, 0.15) is 53.0 Å². The lowest BCUT2D eigenvalue weighted by Crippen LogP contribution is -2.53. The van der Waals surface area contributed by atoms with Gasteiger partial charge < -0.3 is 25.2 Å². The van der Waals surface area contributed by atoms with E-state index >= 15 is 0 Å². The Morgan fingerprint density at radius 3 is 2.10 bits per heavy atom. The second-order valence-corrected chi connectivity index (χ2v) is 8.29. The molecule has 0 saturated heterocycles. The first kappa shape index (κ1) is 24.3. The van der Waals surface area contributed by atoms with Crippen LogP contribution in [0, 0.1) is 5.92 Å². The maximum atomic E-state index is 12.2. The number of ether oxygens (including phenoxy) is 2. The molecule has 8 nitrogen and oxygen atoms in total. The van der Waals surface area contributed by atoms with Gasteiger partial charge in [-0.25, -0.2) is 9.59 Å². The highest BCUT2D eigenvalue weighted by molar-refractivity contribution is 5.72. The van der Waals surface area contributed by atoms with Crippen molar-refractivity contribution >= 4 is 18.2 Å². The maximum Gasteiger partial charge on any atom is 0.407 e. The first-order valence-electron chi connectivity index (χ1n) is 9.64. The molecule has 0 unspecified atom stereocenters. The van der Waals surface area contributed by atoms with E-state index in [0.717, 1.165) is 5.56 Å². The highest BCUT2D eigenvalue weighted by Crippen LogP contribution is 2.14. The average Bonchev–Trinajstić information content (AvgIpc) is 2.57. The number of amides is 2. The van der Waals surface area contributed by atoms with Crippen LogP contribution in [0.5, 0.6) is 0 Å². The fraction of sp³-hybridized carbons (Fsp3) is 0.571. The molecular weight excluding hydrogens is 376 g/mol. The Morgan fingerprint density at radius 2 is 1.59 bits per heavy atom. The Kier molecular flexibility index (Phi) is 9.44. The summed E-state index contributed by atoms with van der Waals surface area (Å²) in [6.45, 7) is 9.14. The molecule has 3 N–H and O–H groups in total. The first-order chi connectivity index (χ1) is 13.5. The Bertz CT molecular complexity index is 669. The zero-order chi connectivity index (χ0) is 22.0. The van der Waals surface area contributed by atoms with E-state index in [2.05, 4.69) is 10.6 Å². The minimum absolute atomic E-state index is 0.0564. The summed E-state index contributed by atoms with van der Waals surface area (Å²) >= 11 is 0. The number of hydrogen-bond donors (Lipinski definition) is 3. The van der Waals surface area contributed by atoms with Crippen molar-refractivity contribution in [2.75, 3.05) is 0 Å². The van der Waals surface area contributed by atoms with Crippen LogP contribution < -0.4 is 10.6 Å². The van der Waals surface area contributed by atoms with Crippen LogP contribution in [0.25, 0.3) is 0 Å². The minimum Gasteiger partial charge on any atom is -0.481 e. The topological polar surface area (TPSA) is 114 Å². The maximum absolute atomic E-state index is 12.2. The van der Waals surface area contributed by atoms with Gasteiger partial charge in [0.05, 0.1) is 18.5 Å². The average molecular weight is 408 g/mol. The number of carbonyl (C=O) groups excluding carboxylic acids is 2. The number of hydrogen-bond acceptors (Lipinski definition) is 5. The van der Waals surface area contributed by atoms with Crippen LogP contribution in [0.4, 0.5) is 9.59 Å². The van der Waals surface area contributed by atoms with Gasteiger partial charge in [0, 0.05) is 0 Å². The number of aliphatic carboxylic acids is 1. The summed E-state index contributed by atoms with van der Waals surface area (Å²) in [4.78, 5) is 35.8. The highest BCUT2D eigenvalue weighted by Gasteiger charge is 2.30. The summed E-state index contributed by atoms with van der Waals surface area (Å²) in [5, 5.41) is 14.5. The van der Waals surface area contributed by atoms with E-state index in [4.69, 9.17) is 9.47 Å². The lowest BCUT2D eigenvalue weighted by molar-refractivity contribution is -0.137. The van der Waals surface area contributed by atoms with Gasteiger partial charge in [-0.3, -0.25) is 4.79 Å². The molecule has 0 aliphatic heterocycles. The van der Waals surface area contributed by atoms with Gasteiger partial charge in [0.25, 0.3) is 0 Å². The van der Waals surface area contributed by atoms with Gasteiger partial charge in [-0.05, 0) is 38.7 Å². The molecule has 0 heterocycles. The van der Waals surface area contributed by atoms with Crippen molar-refractivity contribution in [3.63, 3.8) is 0 Å². The van der Waals surface area contributed by atoms with E-state index in [1.54, 1.807) is 20.8 Å². The second-order valence-electron chi connectivity index (χ2n) is 8.29. The summed E-state index contributed by atoms with van der Waals surface area (Å²) in [5.74, 6) is -0.952. The third-order valence-electron chi connectivity index (χ3n) is 3.82. The molecule has 1 aromatic rings. The predicted octanol–water partition coefficient (Wildman–Crippen LogP) is 3.70. The van der Waals surface area contributed by atoms with Gasteiger partial charge >= 0.3 is 18.2 Å². The van der Waals surface area contributed by atoms with Crippen molar-refractivity contribution in [1.29, 1.82) is 0 Å². The van der Waals surface area contributed by atoms with Crippen LogP contribution in [-0.2, 0) is 20.9 Å². The molecular formula is C21H32N2O6. The fourth-order valence-corrected chi connectivity index (χ4v) is 2.69. The van der Waals surface area contributed by atoms with Crippen LogP contribution >= 0.6 is 0 Å². The van der Waals surface area contributed by atoms with Gasteiger partial charge in [0.2, 0.25) is 0 Å². The first-order valence-corrected chi connectivity index (χ1v) is 9.64. The highest BCUT2D eigenvalue weighted by atomic mass is 16.6. The number of alkyl carbamates (subject to hydrolysis) is 2. The van der Waals surface area contributed by atoms with Crippen molar-refractivity contribution in [2.24, 2.45) is 5.92 Å². The Balaban J connectivity index is 2.83. The smallest absolute Gasteiger partial charge is 0.407 e. The molecule has 1 rings (SSSR count). The number of benzene rings is 1. The van der Waals surface area contributed by atoms with E-state index in [-0.39, 0.29) is 18.9 Å². The summed E-state index contributed by atoms with van der Waals surface area (Å²) < 4.78 is 10.5. The van der Waals surface area contributed by atoms with Gasteiger partial charge in [-0.15, -0.1) is 0 Å². The normalized spacial score (nSPS) is 13.3. The lowest BCUT2D eigenvalue weighted by Gasteiger charge is -2.30. The number of rotatable bonds is 9. The molecule has 2 amide bonds. The molecule has 0 bridgehead atoms. The van der Waals surface area contributed by atoms with E-state index in [1.807, 2.05) is 44.2 Å². The molecule has 2 atom stereocenters. The quantitative estimate of drug-likeness (QED) is 0.574. The third kappa shape index (κ3) is 11.0. The molecule has 0 fully saturated rings. The Morgan fingerprint density at radius 1 is 1.00 bits per heavy atom. The van der Waals surface area contributed by atoms with Gasteiger partial charge in [0.15, 0.2) is 0 Å². The van der Waals surface area contributed by atoms with Crippen LogP contribution in [0.15, 0.2) is 30.3 Å². The van der Waals surface area contributed by atoms with Crippen LogP contribution in [0.3, 0.4) is 0 Å². The Labute approximate surface area is 172 Å². The molecule has 0 aliphatic rings. The van der Waals surface area contributed by atoms with Crippen LogP contribution in [0.2, 0.25) is 0 Å².